The van der Waals surface area contributed by atoms with Gasteiger partial charge in [0, 0.05) is 6.42 Å². The summed E-state index contributed by atoms with van der Waals surface area (Å²) < 4.78 is 0. The molecule has 2 N–H and O–H groups in total. The van der Waals surface area contributed by atoms with Crippen LogP contribution in [0.25, 0.3) is 0 Å². The zero-order valence-corrected chi connectivity index (χ0v) is 8.12. The van der Waals surface area contributed by atoms with E-state index < -0.39 is 5.60 Å². The monoisotopic (exact) mass is 180 g/mol. The van der Waals surface area contributed by atoms with E-state index in [1.54, 1.807) is 6.92 Å². The van der Waals surface area contributed by atoms with Gasteiger partial charge in [0.25, 0.3) is 0 Å². The molecule has 1 unspecified atom stereocenters. The maximum absolute atomic E-state index is 9.62. The minimum atomic E-state index is -1.01. The van der Waals surface area contributed by atoms with E-state index in [9.17, 15) is 5.11 Å². The molecule has 1 atom stereocenters. The van der Waals surface area contributed by atoms with Gasteiger partial charge in [0.15, 0.2) is 0 Å². The zero-order chi connectivity index (χ0) is 9.90. The second-order valence-corrected chi connectivity index (χ2v) is 3.82. The highest BCUT2D eigenvalue weighted by atomic mass is 16.3. The van der Waals surface area contributed by atoms with Crippen LogP contribution in [-0.4, -0.2) is 22.4 Å². The van der Waals surface area contributed by atoms with Gasteiger partial charge in [0.2, 0.25) is 0 Å². The highest BCUT2D eigenvalue weighted by Crippen LogP contribution is 2.13. The van der Waals surface area contributed by atoms with E-state index in [1.807, 2.05) is 31.2 Å². The predicted molar refractivity (Wildman–Crippen MR) is 52.6 cm³/mol. The number of hydrogen-bond acceptors (Lipinski definition) is 2. The molecule has 0 spiro atoms. The first kappa shape index (κ1) is 10.2. The van der Waals surface area contributed by atoms with Crippen LogP contribution in [0.2, 0.25) is 0 Å². The lowest BCUT2D eigenvalue weighted by molar-refractivity contribution is 0.00231. The van der Waals surface area contributed by atoms with Gasteiger partial charge in [-0.25, -0.2) is 0 Å². The van der Waals surface area contributed by atoms with E-state index in [0.29, 0.717) is 6.42 Å². The summed E-state index contributed by atoms with van der Waals surface area (Å²) >= 11 is 0. The average molecular weight is 180 g/mol. The fraction of sp³-hybridized carbons (Fsp3) is 0.455. The Morgan fingerprint density at radius 1 is 1.38 bits per heavy atom. The molecule has 0 heterocycles. The summed E-state index contributed by atoms with van der Waals surface area (Å²) in [5, 5.41) is 18.5. The number of benzene rings is 1. The molecular formula is C11H16O2. The van der Waals surface area contributed by atoms with Gasteiger partial charge >= 0.3 is 0 Å². The lowest BCUT2D eigenvalue weighted by Crippen LogP contribution is -2.31. The molecule has 13 heavy (non-hydrogen) atoms. The Labute approximate surface area is 78.8 Å². The molecule has 0 saturated heterocycles. The molecule has 72 valence electrons. The topological polar surface area (TPSA) is 40.5 Å². The Morgan fingerprint density at radius 3 is 2.62 bits per heavy atom. The van der Waals surface area contributed by atoms with Crippen molar-refractivity contribution in [3.05, 3.63) is 35.4 Å². The van der Waals surface area contributed by atoms with E-state index in [2.05, 4.69) is 0 Å². The van der Waals surface area contributed by atoms with Gasteiger partial charge in [0.05, 0.1) is 12.2 Å². The molecule has 2 nitrogen and oxygen atoms in total. The maximum Gasteiger partial charge on any atom is 0.0889 e. The van der Waals surface area contributed by atoms with Gasteiger partial charge < -0.3 is 10.2 Å². The summed E-state index contributed by atoms with van der Waals surface area (Å²) in [6.45, 7) is 3.44. The fourth-order valence-electron chi connectivity index (χ4n) is 1.32. The third-order valence-electron chi connectivity index (χ3n) is 2.01. The maximum atomic E-state index is 9.62. The van der Waals surface area contributed by atoms with Crippen LogP contribution in [0, 0.1) is 6.92 Å². The molecule has 1 aromatic carbocycles. The first-order valence-electron chi connectivity index (χ1n) is 4.42. The zero-order valence-electron chi connectivity index (χ0n) is 8.12. The number of aliphatic hydroxyl groups is 2. The molecule has 0 aliphatic rings. The number of aryl methyl sites for hydroxylation is 1. The van der Waals surface area contributed by atoms with Crippen molar-refractivity contribution in [2.24, 2.45) is 0 Å². The Hall–Kier alpha value is -0.860. The minimum absolute atomic E-state index is 0.207. The van der Waals surface area contributed by atoms with E-state index in [4.69, 9.17) is 5.11 Å². The van der Waals surface area contributed by atoms with Crippen LogP contribution >= 0.6 is 0 Å². The lowest BCUT2D eigenvalue weighted by atomic mass is 9.96. The van der Waals surface area contributed by atoms with Crippen LogP contribution in [0.15, 0.2) is 24.3 Å². The van der Waals surface area contributed by atoms with E-state index in [0.717, 1.165) is 5.56 Å². The third kappa shape index (κ3) is 3.17. The molecule has 1 rings (SSSR count). The van der Waals surface area contributed by atoms with Crippen molar-refractivity contribution in [3.8, 4) is 0 Å². The van der Waals surface area contributed by atoms with Crippen LogP contribution in [0.4, 0.5) is 0 Å². The normalized spacial score (nSPS) is 15.4. The molecule has 0 radical (unpaired) electrons. The molecule has 0 fully saturated rings. The minimum Gasteiger partial charge on any atom is -0.393 e. The molecule has 0 bridgehead atoms. The molecule has 2 heteroatoms. The average Bonchev–Trinajstić information content (AvgIpc) is 2.03. The molecule has 0 amide bonds. The highest BCUT2D eigenvalue weighted by molar-refractivity contribution is 5.23. The van der Waals surface area contributed by atoms with Crippen LogP contribution in [0.3, 0.4) is 0 Å². The second kappa shape index (κ2) is 3.90. The first-order valence-corrected chi connectivity index (χ1v) is 4.42. The first-order chi connectivity index (χ1) is 6.03. The van der Waals surface area contributed by atoms with Gasteiger partial charge in [0.1, 0.15) is 0 Å². The molecule has 0 aliphatic carbocycles. The number of rotatable bonds is 3. The van der Waals surface area contributed by atoms with Gasteiger partial charge in [-0.05, 0) is 19.4 Å². The lowest BCUT2D eigenvalue weighted by Gasteiger charge is -2.20. The van der Waals surface area contributed by atoms with E-state index in [1.165, 1.54) is 5.56 Å². The van der Waals surface area contributed by atoms with Crippen LogP contribution in [0.1, 0.15) is 18.1 Å². The standard InChI is InChI=1S/C11H16O2/c1-9-4-3-5-10(6-9)7-11(2,13)8-12/h3-6,12-13H,7-8H2,1-2H3. The third-order valence-corrected chi connectivity index (χ3v) is 2.01. The van der Waals surface area contributed by atoms with Crippen molar-refractivity contribution in [3.63, 3.8) is 0 Å². The Bertz CT molecular complexity index is 279. The summed E-state index contributed by atoms with van der Waals surface area (Å²) in [4.78, 5) is 0. The van der Waals surface area contributed by atoms with E-state index >= 15 is 0 Å². The quantitative estimate of drug-likeness (QED) is 0.735. The predicted octanol–water partition coefficient (Wildman–Crippen LogP) is 1.28. The fourth-order valence-corrected chi connectivity index (χ4v) is 1.32. The van der Waals surface area contributed by atoms with Gasteiger partial charge in [-0.1, -0.05) is 29.8 Å². The largest absolute Gasteiger partial charge is 0.393 e. The molecule has 0 aliphatic heterocycles. The smallest absolute Gasteiger partial charge is 0.0889 e. The summed E-state index contributed by atoms with van der Waals surface area (Å²) in [7, 11) is 0. The summed E-state index contributed by atoms with van der Waals surface area (Å²) in [5.41, 5.74) is 1.22. The van der Waals surface area contributed by atoms with Crippen molar-refractivity contribution in [2.45, 2.75) is 25.9 Å². The van der Waals surface area contributed by atoms with Gasteiger partial charge in [-0.15, -0.1) is 0 Å². The molecular weight excluding hydrogens is 164 g/mol. The highest BCUT2D eigenvalue weighted by Gasteiger charge is 2.19. The van der Waals surface area contributed by atoms with Crippen molar-refractivity contribution in [2.75, 3.05) is 6.61 Å². The summed E-state index contributed by atoms with van der Waals surface area (Å²) in [6.07, 6.45) is 0.491. The van der Waals surface area contributed by atoms with Crippen LogP contribution in [-0.2, 0) is 6.42 Å². The van der Waals surface area contributed by atoms with Crippen LogP contribution in [0.5, 0.6) is 0 Å². The molecule has 0 saturated carbocycles. The van der Waals surface area contributed by atoms with Crippen molar-refractivity contribution in [1.29, 1.82) is 0 Å². The summed E-state index contributed by atoms with van der Waals surface area (Å²) in [5.74, 6) is 0. The SMILES string of the molecule is Cc1cccc(CC(C)(O)CO)c1. The van der Waals surface area contributed by atoms with E-state index in [-0.39, 0.29) is 6.61 Å². The number of hydrogen-bond donors (Lipinski definition) is 2. The van der Waals surface area contributed by atoms with Gasteiger partial charge in [-0.3, -0.25) is 0 Å². The second-order valence-electron chi connectivity index (χ2n) is 3.82. The van der Waals surface area contributed by atoms with Crippen molar-refractivity contribution >= 4 is 0 Å². The molecule has 1 aromatic rings. The molecule has 0 aromatic heterocycles. The Kier molecular flexibility index (Phi) is 3.07. The van der Waals surface area contributed by atoms with Gasteiger partial charge in [-0.2, -0.15) is 0 Å². The summed E-state index contributed by atoms with van der Waals surface area (Å²) in [6, 6.07) is 7.94. The Morgan fingerprint density at radius 2 is 2.08 bits per heavy atom. The van der Waals surface area contributed by atoms with Crippen molar-refractivity contribution < 1.29 is 10.2 Å². The number of aliphatic hydroxyl groups excluding tert-OH is 1. The van der Waals surface area contributed by atoms with Crippen molar-refractivity contribution in [1.82, 2.24) is 0 Å². The Balaban J connectivity index is 2.74. The van der Waals surface area contributed by atoms with Crippen LogP contribution < -0.4 is 0 Å².